The van der Waals surface area contributed by atoms with Crippen molar-refractivity contribution in [3.63, 3.8) is 0 Å². The van der Waals surface area contributed by atoms with Gasteiger partial charge in [0.15, 0.2) is 5.65 Å². The summed E-state index contributed by atoms with van der Waals surface area (Å²) in [5, 5.41) is 2.54. The Kier molecular flexibility index (Phi) is 5.88. The van der Waals surface area contributed by atoms with Crippen molar-refractivity contribution in [3.05, 3.63) is 52.7 Å². The molecule has 1 aliphatic rings. The average Bonchev–Trinajstić information content (AvgIpc) is 2.78. The molecule has 0 radical (unpaired) electrons. The fourth-order valence-corrected chi connectivity index (χ4v) is 3.71. The predicted octanol–water partition coefficient (Wildman–Crippen LogP) is 3.04. The Morgan fingerprint density at radius 1 is 1.19 bits per heavy atom. The Morgan fingerprint density at radius 2 is 1.97 bits per heavy atom. The van der Waals surface area contributed by atoms with Gasteiger partial charge >= 0.3 is 0 Å². The van der Waals surface area contributed by atoms with Crippen molar-refractivity contribution in [2.24, 2.45) is 0 Å². The van der Waals surface area contributed by atoms with Crippen LogP contribution in [0.3, 0.4) is 0 Å². The van der Waals surface area contributed by atoms with Crippen LogP contribution < -0.4 is 15.8 Å². The van der Waals surface area contributed by atoms with Gasteiger partial charge in [0.2, 0.25) is 11.9 Å². The largest absolute Gasteiger partial charge is 0.341 e. The van der Waals surface area contributed by atoms with E-state index in [9.17, 15) is 18.4 Å². The summed E-state index contributed by atoms with van der Waals surface area (Å²) in [5.74, 6) is -1.58. The summed E-state index contributed by atoms with van der Waals surface area (Å²) in [6, 6.07) is 1.80. The van der Waals surface area contributed by atoms with Gasteiger partial charge in [0.1, 0.15) is 29.4 Å². The predicted molar refractivity (Wildman–Crippen MR) is 112 cm³/mol. The first-order chi connectivity index (χ1) is 15.0. The minimum absolute atomic E-state index is 0.187. The van der Waals surface area contributed by atoms with Gasteiger partial charge in [0.25, 0.3) is 5.56 Å². The Balaban J connectivity index is 1.63. The van der Waals surface area contributed by atoms with Crippen molar-refractivity contribution in [3.8, 4) is 0 Å². The van der Waals surface area contributed by atoms with Crippen molar-refractivity contribution in [1.82, 2.24) is 19.5 Å². The van der Waals surface area contributed by atoms with Gasteiger partial charge in [-0.1, -0.05) is 6.92 Å². The topological polar surface area (TPSA) is 93.0 Å². The molecule has 1 aromatic carbocycles. The summed E-state index contributed by atoms with van der Waals surface area (Å²) in [6.45, 7) is 3.42. The van der Waals surface area contributed by atoms with Crippen molar-refractivity contribution in [2.45, 2.75) is 38.6 Å². The first-order valence-electron chi connectivity index (χ1n) is 10.2. The molecular formula is C21H22F2N6O2. The van der Waals surface area contributed by atoms with Crippen LogP contribution in [0.5, 0.6) is 0 Å². The van der Waals surface area contributed by atoms with Gasteiger partial charge < -0.3 is 10.2 Å². The number of piperidine rings is 1. The van der Waals surface area contributed by atoms with Crippen LogP contribution in [0.1, 0.15) is 38.6 Å². The van der Waals surface area contributed by atoms with Gasteiger partial charge in [-0.3, -0.25) is 14.2 Å². The number of rotatable bonds is 5. The number of hydrogen-bond donors (Lipinski definition) is 1. The summed E-state index contributed by atoms with van der Waals surface area (Å²) < 4.78 is 28.5. The van der Waals surface area contributed by atoms with E-state index in [4.69, 9.17) is 0 Å². The van der Waals surface area contributed by atoms with Crippen LogP contribution in [0.4, 0.5) is 20.4 Å². The number of nitrogens with one attached hydrogen (secondary N) is 1. The second kappa shape index (κ2) is 8.75. The van der Waals surface area contributed by atoms with Crippen molar-refractivity contribution in [1.29, 1.82) is 0 Å². The van der Waals surface area contributed by atoms with Crippen molar-refractivity contribution in [2.75, 3.05) is 23.3 Å². The van der Waals surface area contributed by atoms with E-state index >= 15 is 0 Å². The molecule has 0 aliphatic carbocycles. The van der Waals surface area contributed by atoms with Gasteiger partial charge in [0.05, 0.1) is 5.69 Å². The summed E-state index contributed by atoms with van der Waals surface area (Å²) in [7, 11) is 0. The lowest BCUT2D eigenvalue weighted by Crippen LogP contribution is -2.34. The molecule has 4 rings (SSSR count). The Hall–Kier alpha value is -3.43. The number of benzene rings is 1. The third-order valence-corrected chi connectivity index (χ3v) is 5.38. The van der Waals surface area contributed by atoms with E-state index in [2.05, 4.69) is 25.2 Å². The molecule has 8 nitrogen and oxygen atoms in total. The number of hydrogen-bond acceptors (Lipinski definition) is 6. The van der Waals surface area contributed by atoms with Crippen LogP contribution in [0.2, 0.25) is 0 Å². The molecule has 162 valence electrons. The number of nitrogens with zero attached hydrogens (tertiary/aromatic N) is 5. The molecule has 0 bridgehead atoms. The van der Waals surface area contributed by atoms with E-state index in [1.54, 1.807) is 6.92 Å². The van der Waals surface area contributed by atoms with Gasteiger partial charge in [0, 0.05) is 25.4 Å². The highest BCUT2D eigenvalue weighted by atomic mass is 19.1. The molecule has 1 amide bonds. The maximum atomic E-state index is 13.9. The highest BCUT2D eigenvalue weighted by molar-refractivity contribution is 5.94. The van der Waals surface area contributed by atoms with E-state index in [1.165, 1.54) is 23.5 Å². The molecule has 1 atom stereocenters. The molecule has 3 heterocycles. The molecule has 1 aliphatic heterocycles. The standard InChI is InChI=1S/C21H22F2N6O2/c1-2-17(19(30)26-16-10-13(22)6-7-15(16)23)29-12-25-18-14(20(29)31)11-24-21(27-18)28-8-4-3-5-9-28/h6-7,10-12,17H,2-5,8-9H2,1H3,(H,26,30). The molecule has 3 aromatic rings. The van der Waals surface area contributed by atoms with Crippen LogP contribution in [0, 0.1) is 11.6 Å². The third kappa shape index (κ3) is 4.23. The zero-order chi connectivity index (χ0) is 22.0. The molecular weight excluding hydrogens is 406 g/mol. The number of amides is 1. The lowest BCUT2D eigenvalue weighted by Gasteiger charge is -2.26. The molecule has 0 spiro atoms. The molecule has 1 N–H and O–H groups in total. The zero-order valence-corrected chi connectivity index (χ0v) is 17.0. The zero-order valence-electron chi connectivity index (χ0n) is 17.0. The normalized spacial score (nSPS) is 15.1. The fourth-order valence-electron chi connectivity index (χ4n) is 3.71. The number of carbonyl (C=O) groups excluding carboxylic acids is 1. The second-order valence-corrected chi connectivity index (χ2v) is 7.45. The number of halogens is 2. The van der Waals surface area contributed by atoms with E-state index in [-0.39, 0.29) is 23.1 Å². The molecule has 2 aromatic heterocycles. The van der Waals surface area contributed by atoms with E-state index < -0.39 is 29.1 Å². The van der Waals surface area contributed by atoms with Crippen LogP contribution >= 0.6 is 0 Å². The Morgan fingerprint density at radius 3 is 2.71 bits per heavy atom. The molecule has 1 saturated heterocycles. The highest BCUT2D eigenvalue weighted by Crippen LogP contribution is 2.20. The van der Waals surface area contributed by atoms with E-state index in [0.29, 0.717) is 5.95 Å². The third-order valence-electron chi connectivity index (χ3n) is 5.38. The minimum Gasteiger partial charge on any atom is -0.341 e. The summed E-state index contributed by atoms with van der Waals surface area (Å²) in [6.07, 6.45) is 6.23. The summed E-state index contributed by atoms with van der Waals surface area (Å²) in [4.78, 5) is 40.8. The Bertz CT molecular complexity index is 1180. The van der Waals surface area contributed by atoms with Crippen LogP contribution in [0.15, 0.2) is 35.5 Å². The van der Waals surface area contributed by atoms with Crippen molar-refractivity contribution < 1.29 is 13.6 Å². The average molecular weight is 428 g/mol. The van der Waals surface area contributed by atoms with Crippen LogP contribution in [-0.2, 0) is 4.79 Å². The summed E-state index contributed by atoms with van der Waals surface area (Å²) >= 11 is 0. The first-order valence-corrected chi connectivity index (χ1v) is 10.2. The van der Waals surface area contributed by atoms with Gasteiger partial charge in [-0.25, -0.2) is 18.7 Å². The fraction of sp³-hybridized carbons (Fsp3) is 0.381. The van der Waals surface area contributed by atoms with Gasteiger partial charge in [-0.05, 0) is 37.8 Å². The molecule has 1 fully saturated rings. The number of anilines is 2. The SMILES string of the molecule is CCC(C(=O)Nc1cc(F)ccc1F)n1cnc2nc(N3CCCCC3)ncc2c1=O. The van der Waals surface area contributed by atoms with Gasteiger partial charge in [-0.2, -0.15) is 4.98 Å². The first kappa shape index (κ1) is 20.8. The van der Waals surface area contributed by atoms with Crippen molar-refractivity contribution >= 4 is 28.6 Å². The monoisotopic (exact) mass is 428 g/mol. The quantitative estimate of drug-likeness (QED) is 0.672. The smallest absolute Gasteiger partial charge is 0.265 e. The molecule has 0 saturated carbocycles. The number of aromatic nitrogens is 4. The van der Waals surface area contributed by atoms with E-state index in [1.807, 2.05) is 0 Å². The van der Waals surface area contributed by atoms with E-state index in [0.717, 1.165) is 44.1 Å². The lowest BCUT2D eigenvalue weighted by molar-refractivity contribution is -0.119. The van der Waals surface area contributed by atoms with Crippen LogP contribution in [-0.4, -0.2) is 38.5 Å². The Labute approximate surface area is 177 Å². The molecule has 1 unspecified atom stereocenters. The lowest BCUT2D eigenvalue weighted by atomic mass is 10.1. The molecule has 10 heteroatoms. The van der Waals surface area contributed by atoms with Crippen LogP contribution in [0.25, 0.3) is 11.0 Å². The number of fused-ring (bicyclic) bond motifs is 1. The number of carbonyl (C=O) groups is 1. The highest BCUT2D eigenvalue weighted by Gasteiger charge is 2.23. The maximum absolute atomic E-state index is 13.9. The second-order valence-electron chi connectivity index (χ2n) is 7.45. The summed E-state index contributed by atoms with van der Waals surface area (Å²) in [5.41, 5.74) is -0.514. The molecule has 31 heavy (non-hydrogen) atoms. The maximum Gasteiger partial charge on any atom is 0.265 e. The van der Waals surface area contributed by atoms with Gasteiger partial charge in [-0.15, -0.1) is 0 Å². The minimum atomic E-state index is -0.964.